The van der Waals surface area contributed by atoms with Gasteiger partial charge in [-0.05, 0) is 18.2 Å². The molecule has 1 aliphatic rings. The fourth-order valence-corrected chi connectivity index (χ4v) is 5.97. The van der Waals surface area contributed by atoms with Gasteiger partial charge in [-0.25, -0.2) is 13.6 Å². The van der Waals surface area contributed by atoms with E-state index in [-0.39, 0.29) is 29.7 Å². The molecule has 0 radical (unpaired) electrons. The Labute approximate surface area is 248 Å². The number of nitrogens with two attached hydrogens (primary N) is 1. The molecule has 0 spiro atoms. The zero-order valence-electron chi connectivity index (χ0n) is 23.8. The Morgan fingerprint density at radius 3 is 2.65 bits per heavy atom. The number of piperazine rings is 1. The van der Waals surface area contributed by atoms with E-state index < -0.39 is 22.8 Å². The standard InChI is InChI=1S/C28H32F2N8O4S/c1-34-25-22-16-20(23-5-3-12-41-23)33-38(22)27(31)32-26(25)37(28(34)39)11-8-35-6-9-36(10-7-35)21-17-24(19(30)15-18(21)29)42-13-4-14-43(2)40/h3,5,12,15-17H,4,6-11,13-14H2,1-2H3,(H2,31,32)/t43-/m0/s1. The number of imidazole rings is 1. The number of benzene rings is 1. The van der Waals surface area contributed by atoms with Gasteiger partial charge in [-0.3, -0.25) is 14.0 Å². The van der Waals surface area contributed by atoms with Crippen molar-refractivity contribution in [3.05, 3.63) is 58.7 Å². The van der Waals surface area contributed by atoms with Gasteiger partial charge in [-0.15, -0.1) is 0 Å². The Hall–Kier alpha value is -4.08. The Morgan fingerprint density at radius 2 is 1.93 bits per heavy atom. The van der Waals surface area contributed by atoms with Crippen molar-refractivity contribution in [3.63, 3.8) is 0 Å². The van der Waals surface area contributed by atoms with Crippen molar-refractivity contribution in [2.24, 2.45) is 7.05 Å². The first-order chi connectivity index (χ1) is 20.7. The lowest BCUT2D eigenvalue weighted by atomic mass is 10.2. The van der Waals surface area contributed by atoms with Gasteiger partial charge in [0.05, 0.1) is 30.3 Å². The molecule has 228 valence electrons. The summed E-state index contributed by atoms with van der Waals surface area (Å²) in [4.78, 5) is 21.8. The number of hydrogen-bond acceptors (Lipinski definition) is 9. The van der Waals surface area contributed by atoms with Gasteiger partial charge in [0.25, 0.3) is 0 Å². The number of ether oxygens (including phenoxy) is 1. The summed E-state index contributed by atoms with van der Waals surface area (Å²) >= 11 is -0.959. The summed E-state index contributed by atoms with van der Waals surface area (Å²) in [5.74, 6) is -0.260. The molecule has 43 heavy (non-hydrogen) atoms. The molecule has 0 amide bonds. The van der Waals surface area contributed by atoms with Crippen LogP contribution in [0.3, 0.4) is 0 Å². The highest BCUT2D eigenvalue weighted by molar-refractivity contribution is 7.90. The highest BCUT2D eigenvalue weighted by Gasteiger charge is 2.24. The van der Waals surface area contributed by atoms with Crippen LogP contribution in [0, 0.1) is 11.6 Å². The molecule has 1 atom stereocenters. The Bertz CT molecular complexity index is 1810. The number of halogens is 2. The van der Waals surface area contributed by atoms with Crippen LogP contribution in [-0.2, 0) is 24.8 Å². The number of nitrogens with zero attached hydrogens (tertiary/aromatic N) is 7. The van der Waals surface area contributed by atoms with Crippen LogP contribution >= 0.6 is 0 Å². The Balaban J connectivity index is 1.14. The summed E-state index contributed by atoms with van der Waals surface area (Å²) in [6.07, 6.45) is 3.67. The van der Waals surface area contributed by atoms with E-state index >= 15 is 0 Å². The minimum absolute atomic E-state index is 0.0219. The number of aryl methyl sites for hydroxylation is 1. The van der Waals surface area contributed by atoms with Crippen LogP contribution in [0.2, 0.25) is 0 Å². The maximum atomic E-state index is 14.7. The molecule has 0 aliphatic carbocycles. The summed E-state index contributed by atoms with van der Waals surface area (Å²) in [6, 6.07) is 7.62. The van der Waals surface area contributed by atoms with E-state index in [9.17, 15) is 18.1 Å². The summed E-state index contributed by atoms with van der Waals surface area (Å²) < 4.78 is 55.9. The highest BCUT2D eigenvalue weighted by atomic mass is 32.2. The van der Waals surface area contributed by atoms with Gasteiger partial charge in [-0.1, -0.05) is 11.2 Å². The number of aromatic nitrogens is 5. The van der Waals surface area contributed by atoms with Gasteiger partial charge in [0.1, 0.15) is 22.8 Å². The molecule has 0 bridgehead atoms. The predicted molar refractivity (Wildman–Crippen MR) is 160 cm³/mol. The fourth-order valence-electron chi connectivity index (χ4n) is 5.44. The minimum Gasteiger partial charge on any atom is -0.617 e. The summed E-state index contributed by atoms with van der Waals surface area (Å²) in [5.41, 5.74) is 8.60. The normalized spacial score (nSPS) is 15.1. The van der Waals surface area contributed by atoms with E-state index in [0.717, 1.165) is 6.07 Å². The molecule has 4 aromatic heterocycles. The predicted octanol–water partition coefficient (Wildman–Crippen LogP) is 2.47. The third-order valence-corrected chi connectivity index (χ3v) is 8.54. The number of hydrogen-bond donors (Lipinski definition) is 1. The van der Waals surface area contributed by atoms with Crippen LogP contribution in [0.15, 0.2) is 45.8 Å². The van der Waals surface area contributed by atoms with Crippen LogP contribution in [0.5, 0.6) is 5.75 Å². The fraction of sp³-hybridized carbons (Fsp3) is 0.393. The molecule has 6 rings (SSSR count). The molecule has 1 aromatic carbocycles. The van der Waals surface area contributed by atoms with Gasteiger partial charge >= 0.3 is 5.69 Å². The van der Waals surface area contributed by atoms with Crippen molar-refractivity contribution in [2.75, 3.05) is 62.0 Å². The summed E-state index contributed by atoms with van der Waals surface area (Å²) in [6.45, 7) is 3.39. The van der Waals surface area contributed by atoms with Crippen molar-refractivity contribution in [1.82, 2.24) is 28.6 Å². The summed E-state index contributed by atoms with van der Waals surface area (Å²) in [5, 5.41) is 4.51. The molecule has 5 heterocycles. The molecule has 2 N–H and O–H groups in total. The molecule has 1 aliphatic heterocycles. The quantitative estimate of drug-likeness (QED) is 0.186. The van der Waals surface area contributed by atoms with Gasteiger partial charge in [0, 0.05) is 64.9 Å². The number of fused-ring (bicyclic) bond motifs is 3. The van der Waals surface area contributed by atoms with Gasteiger partial charge in [-0.2, -0.15) is 14.6 Å². The van der Waals surface area contributed by atoms with Gasteiger partial charge in [0.2, 0.25) is 5.95 Å². The molecular formula is C28H32F2N8O4S. The van der Waals surface area contributed by atoms with E-state index in [2.05, 4.69) is 15.0 Å². The number of nitrogen functional groups attached to an aromatic ring is 1. The maximum absolute atomic E-state index is 14.7. The summed E-state index contributed by atoms with van der Waals surface area (Å²) in [7, 11) is 1.69. The zero-order valence-corrected chi connectivity index (χ0v) is 24.6. The van der Waals surface area contributed by atoms with Crippen molar-refractivity contribution in [1.29, 1.82) is 0 Å². The second-order valence-electron chi connectivity index (χ2n) is 10.5. The molecule has 0 saturated carbocycles. The molecule has 1 fully saturated rings. The molecule has 12 nitrogen and oxygen atoms in total. The van der Waals surface area contributed by atoms with Crippen LogP contribution in [0.25, 0.3) is 28.1 Å². The molecule has 15 heteroatoms. The third-order valence-electron chi connectivity index (χ3n) is 7.67. The second-order valence-corrected chi connectivity index (χ2v) is 12.0. The molecule has 5 aromatic rings. The van der Waals surface area contributed by atoms with Crippen molar-refractivity contribution in [3.8, 4) is 17.2 Å². The van der Waals surface area contributed by atoms with Crippen LogP contribution < -0.4 is 21.1 Å². The largest absolute Gasteiger partial charge is 0.617 e. The second kappa shape index (κ2) is 11.9. The highest BCUT2D eigenvalue weighted by Crippen LogP contribution is 2.30. The minimum atomic E-state index is -0.959. The van der Waals surface area contributed by atoms with Crippen LogP contribution in [0.1, 0.15) is 6.42 Å². The van der Waals surface area contributed by atoms with Crippen molar-refractivity contribution in [2.45, 2.75) is 13.0 Å². The first-order valence-electron chi connectivity index (χ1n) is 13.9. The number of anilines is 2. The van der Waals surface area contributed by atoms with E-state index in [1.807, 2.05) is 11.0 Å². The first-order valence-corrected chi connectivity index (χ1v) is 15.6. The lowest BCUT2D eigenvalue weighted by Crippen LogP contribution is -2.47. The average Bonchev–Trinajstić information content (AvgIpc) is 3.71. The first kappa shape index (κ1) is 29.0. The number of furan rings is 1. The monoisotopic (exact) mass is 614 g/mol. The smallest absolute Gasteiger partial charge is 0.330 e. The lowest BCUT2D eigenvalue weighted by molar-refractivity contribution is 0.247. The van der Waals surface area contributed by atoms with E-state index in [0.29, 0.717) is 79.6 Å². The van der Waals surface area contributed by atoms with Crippen molar-refractivity contribution >= 4 is 39.5 Å². The van der Waals surface area contributed by atoms with Crippen LogP contribution in [-0.4, -0.2) is 84.5 Å². The van der Waals surface area contributed by atoms with Gasteiger partial charge < -0.3 is 24.3 Å². The van der Waals surface area contributed by atoms with E-state index in [1.165, 1.54) is 10.6 Å². The molecular weight excluding hydrogens is 582 g/mol. The average molecular weight is 615 g/mol. The van der Waals surface area contributed by atoms with Crippen LogP contribution in [0.4, 0.5) is 20.4 Å². The zero-order chi connectivity index (χ0) is 30.2. The van der Waals surface area contributed by atoms with E-state index in [1.54, 1.807) is 40.8 Å². The number of rotatable bonds is 10. The maximum Gasteiger partial charge on any atom is 0.330 e. The van der Waals surface area contributed by atoms with E-state index in [4.69, 9.17) is 14.9 Å². The molecule has 0 unspecified atom stereocenters. The third kappa shape index (κ3) is 5.67. The topological polar surface area (TPSA) is 135 Å². The lowest BCUT2D eigenvalue weighted by Gasteiger charge is -2.36. The van der Waals surface area contributed by atoms with Crippen molar-refractivity contribution < 1.29 is 22.5 Å². The Kier molecular flexibility index (Phi) is 8.03. The Morgan fingerprint density at radius 1 is 1.14 bits per heavy atom. The molecule has 1 saturated heterocycles. The van der Waals surface area contributed by atoms with Gasteiger partial charge in [0.15, 0.2) is 23.0 Å². The SMILES string of the molecule is Cn1c(=O)n(CCN2CCN(c3cc(OCCC[S@+](C)[O-])c(F)cc3F)CC2)c2nc(N)n3nc(-c4ccco4)cc3c21.